The van der Waals surface area contributed by atoms with Crippen LogP contribution < -0.4 is 4.74 Å². The van der Waals surface area contributed by atoms with Crippen molar-refractivity contribution in [1.29, 1.82) is 0 Å². The molecular formula is C18H18O5. The number of methoxy groups -OCH3 is 1. The van der Waals surface area contributed by atoms with E-state index in [0.29, 0.717) is 16.9 Å². The van der Waals surface area contributed by atoms with Crippen molar-refractivity contribution in [3.8, 4) is 5.75 Å². The molecule has 1 unspecified atom stereocenters. The molecule has 0 heterocycles. The van der Waals surface area contributed by atoms with Gasteiger partial charge in [0, 0.05) is 6.08 Å². The van der Waals surface area contributed by atoms with E-state index in [-0.39, 0.29) is 5.78 Å². The van der Waals surface area contributed by atoms with Gasteiger partial charge in [0.05, 0.1) is 12.7 Å². The maximum atomic E-state index is 12.2. The Labute approximate surface area is 134 Å². The van der Waals surface area contributed by atoms with Crippen LogP contribution in [0.2, 0.25) is 0 Å². The molecule has 0 aliphatic rings. The van der Waals surface area contributed by atoms with E-state index in [0.717, 1.165) is 6.08 Å². The van der Waals surface area contributed by atoms with Crippen molar-refractivity contribution < 1.29 is 24.5 Å². The largest absolute Gasteiger partial charge is 0.496 e. The van der Waals surface area contributed by atoms with Crippen LogP contribution in [0.25, 0.3) is 0 Å². The number of carbonyl (C=O) groups excluding carboxylic acids is 1. The molecule has 2 rings (SSSR count). The van der Waals surface area contributed by atoms with Crippen LogP contribution in [-0.2, 0) is 4.79 Å². The predicted octanol–water partition coefficient (Wildman–Crippen LogP) is 2.87. The molecule has 2 N–H and O–H groups in total. The molecule has 0 fully saturated rings. The lowest BCUT2D eigenvalue weighted by Crippen LogP contribution is -2.13. The van der Waals surface area contributed by atoms with Gasteiger partial charge in [-0.05, 0) is 17.7 Å². The summed E-state index contributed by atoms with van der Waals surface area (Å²) in [4.78, 5) is 21.4. The van der Waals surface area contributed by atoms with Crippen molar-refractivity contribution in [2.45, 2.75) is 6.10 Å². The summed E-state index contributed by atoms with van der Waals surface area (Å²) in [6.45, 7) is 2.96. The first kappa shape index (κ1) is 18.1. The SMILES string of the molecule is C=CC(=O)O.COc1ccccc1C(=O)C(O)c1ccccc1. The zero-order valence-corrected chi connectivity index (χ0v) is 12.7. The number of aliphatic hydroxyl groups excluding tert-OH is 1. The lowest BCUT2D eigenvalue weighted by molar-refractivity contribution is -0.131. The number of carboxylic acid groups (broad SMARTS) is 1. The standard InChI is InChI=1S/C15H14O3.C3H4O2/c1-18-13-10-6-5-9-12(13)15(17)14(16)11-7-3-2-4-8-11;1-2-3(4)5/h2-10,14,16H,1H3;2H,1H2,(H,4,5). The monoisotopic (exact) mass is 314 g/mol. The highest BCUT2D eigenvalue weighted by molar-refractivity contribution is 6.02. The maximum Gasteiger partial charge on any atom is 0.327 e. The Kier molecular flexibility index (Phi) is 7.23. The zero-order chi connectivity index (χ0) is 17.2. The molecular weight excluding hydrogens is 296 g/mol. The van der Waals surface area contributed by atoms with Crippen molar-refractivity contribution in [2.75, 3.05) is 7.11 Å². The molecule has 2 aromatic rings. The van der Waals surface area contributed by atoms with Crippen LogP contribution in [0.4, 0.5) is 0 Å². The van der Waals surface area contributed by atoms with E-state index in [1.165, 1.54) is 7.11 Å². The lowest BCUT2D eigenvalue weighted by Gasteiger charge is -2.12. The van der Waals surface area contributed by atoms with Crippen LogP contribution >= 0.6 is 0 Å². The molecule has 0 aliphatic heterocycles. The number of para-hydroxylation sites is 1. The summed E-state index contributed by atoms with van der Waals surface area (Å²) < 4.78 is 5.12. The average molecular weight is 314 g/mol. The fourth-order valence-electron chi connectivity index (χ4n) is 1.78. The molecule has 0 spiro atoms. The van der Waals surface area contributed by atoms with E-state index >= 15 is 0 Å². The number of ketones is 1. The second-order valence-corrected chi connectivity index (χ2v) is 4.42. The van der Waals surface area contributed by atoms with Crippen molar-refractivity contribution >= 4 is 11.8 Å². The highest BCUT2D eigenvalue weighted by Gasteiger charge is 2.21. The number of ether oxygens (including phenoxy) is 1. The van der Waals surface area contributed by atoms with Crippen LogP contribution in [0, 0.1) is 0 Å². The first-order valence-corrected chi connectivity index (χ1v) is 6.76. The fraction of sp³-hybridized carbons (Fsp3) is 0.111. The van der Waals surface area contributed by atoms with Gasteiger partial charge in [-0.25, -0.2) is 4.79 Å². The zero-order valence-electron chi connectivity index (χ0n) is 12.7. The van der Waals surface area contributed by atoms with Crippen LogP contribution in [0.15, 0.2) is 67.3 Å². The second-order valence-electron chi connectivity index (χ2n) is 4.42. The summed E-state index contributed by atoms with van der Waals surface area (Å²) in [6.07, 6.45) is -0.331. The Morgan fingerprint density at radius 3 is 2.13 bits per heavy atom. The van der Waals surface area contributed by atoms with Crippen LogP contribution in [-0.4, -0.2) is 29.1 Å². The van der Waals surface area contributed by atoms with Gasteiger partial charge in [0.15, 0.2) is 5.78 Å². The quantitative estimate of drug-likeness (QED) is 0.655. The van der Waals surface area contributed by atoms with Gasteiger partial charge < -0.3 is 14.9 Å². The lowest BCUT2D eigenvalue weighted by atomic mass is 9.99. The van der Waals surface area contributed by atoms with Crippen LogP contribution in [0.5, 0.6) is 5.75 Å². The minimum atomic E-state index is -1.16. The fourth-order valence-corrected chi connectivity index (χ4v) is 1.78. The van der Waals surface area contributed by atoms with Gasteiger partial charge in [-0.1, -0.05) is 49.0 Å². The highest BCUT2D eigenvalue weighted by atomic mass is 16.5. The second kappa shape index (κ2) is 9.17. The molecule has 120 valence electrons. The molecule has 0 aliphatic carbocycles. The van der Waals surface area contributed by atoms with Gasteiger partial charge in [-0.3, -0.25) is 4.79 Å². The minimum Gasteiger partial charge on any atom is -0.496 e. The molecule has 23 heavy (non-hydrogen) atoms. The summed E-state index contributed by atoms with van der Waals surface area (Å²) in [5.74, 6) is -0.874. The molecule has 0 saturated carbocycles. The van der Waals surface area contributed by atoms with Crippen molar-refractivity contribution in [2.24, 2.45) is 0 Å². The van der Waals surface area contributed by atoms with E-state index in [4.69, 9.17) is 9.84 Å². The van der Waals surface area contributed by atoms with Gasteiger partial charge in [-0.15, -0.1) is 0 Å². The first-order chi connectivity index (χ1) is 11.0. The third-order valence-electron chi connectivity index (χ3n) is 2.91. The minimum absolute atomic E-state index is 0.362. The Balaban J connectivity index is 0.000000463. The number of carboxylic acids is 1. The third-order valence-corrected chi connectivity index (χ3v) is 2.91. The Hall–Kier alpha value is -2.92. The topological polar surface area (TPSA) is 83.8 Å². The number of hydrogen-bond acceptors (Lipinski definition) is 4. The molecule has 0 bridgehead atoms. The smallest absolute Gasteiger partial charge is 0.327 e. The van der Waals surface area contributed by atoms with E-state index in [9.17, 15) is 14.7 Å². The number of benzene rings is 2. The van der Waals surface area contributed by atoms with E-state index in [2.05, 4.69) is 6.58 Å². The summed E-state index contributed by atoms with van der Waals surface area (Å²) >= 11 is 0. The molecule has 0 aromatic heterocycles. The molecule has 5 nitrogen and oxygen atoms in total. The normalized spacial score (nSPS) is 10.7. The Morgan fingerprint density at radius 2 is 1.61 bits per heavy atom. The van der Waals surface area contributed by atoms with E-state index in [1.54, 1.807) is 48.5 Å². The van der Waals surface area contributed by atoms with Crippen molar-refractivity contribution in [3.63, 3.8) is 0 Å². The number of aliphatic carboxylic acids is 1. The number of rotatable bonds is 5. The molecule has 1 atom stereocenters. The number of carbonyl (C=O) groups is 2. The summed E-state index contributed by atoms with van der Waals surface area (Å²) in [5, 5.41) is 17.7. The first-order valence-electron chi connectivity index (χ1n) is 6.76. The molecule has 2 aromatic carbocycles. The van der Waals surface area contributed by atoms with E-state index < -0.39 is 12.1 Å². The summed E-state index contributed by atoms with van der Waals surface area (Å²) in [7, 11) is 1.50. The summed E-state index contributed by atoms with van der Waals surface area (Å²) in [5.41, 5.74) is 0.963. The number of aliphatic hydroxyl groups is 1. The highest BCUT2D eigenvalue weighted by Crippen LogP contribution is 2.24. The van der Waals surface area contributed by atoms with Crippen LogP contribution in [0.3, 0.4) is 0 Å². The number of Topliss-reactive ketones (excluding diaryl/α,β-unsaturated/α-hetero) is 1. The maximum absolute atomic E-state index is 12.2. The van der Waals surface area contributed by atoms with Crippen molar-refractivity contribution in [1.82, 2.24) is 0 Å². The van der Waals surface area contributed by atoms with Gasteiger partial charge in [-0.2, -0.15) is 0 Å². The van der Waals surface area contributed by atoms with Gasteiger partial charge >= 0.3 is 5.97 Å². The van der Waals surface area contributed by atoms with E-state index in [1.807, 2.05) is 6.07 Å². The molecule has 0 saturated heterocycles. The number of hydrogen-bond donors (Lipinski definition) is 2. The third kappa shape index (κ3) is 5.41. The predicted molar refractivity (Wildman–Crippen MR) is 86.6 cm³/mol. The Bertz CT molecular complexity index is 664. The Morgan fingerprint density at radius 1 is 1.09 bits per heavy atom. The molecule has 0 radical (unpaired) electrons. The molecule has 0 amide bonds. The van der Waals surface area contributed by atoms with Crippen LogP contribution in [0.1, 0.15) is 22.0 Å². The average Bonchev–Trinajstić information content (AvgIpc) is 2.61. The van der Waals surface area contributed by atoms with Gasteiger partial charge in [0.2, 0.25) is 0 Å². The summed E-state index contributed by atoms with van der Waals surface area (Å²) in [6, 6.07) is 15.7. The van der Waals surface area contributed by atoms with Gasteiger partial charge in [0.25, 0.3) is 0 Å². The van der Waals surface area contributed by atoms with Gasteiger partial charge in [0.1, 0.15) is 11.9 Å². The van der Waals surface area contributed by atoms with Crippen molar-refractivity contribution in [3.05, 3.63) is 78.4 Å². The molecule has 5 heteroatoms.